The Morgan fingerprint density at radius 2 is 1.72 bits per heavy atom. The molecule has 0 fully saturated rings. The van der Waals surface area contributed by atoms with E-state index in [0.29, 0.717) is 28.1 Å². The fourth-order valence-electron chi connectivity index (χ4n) is 3.27. The van der Waals surface area contributed by atoms with Gasteiger partial charge in [-0.25, -0.2) is 13.1 Å². The summed E-state index contributed by atoms with van der Waals surface area (Å²) in [5.41, 5.74) is 2.09. The lowest BCUT2D eigenvalue weighted by Crippen LogP contribution is -2.40. The SMILES string of the molecule is COc1ccc(NC(=O)c2cncc(-c3c(C)cccc3S(=O)(=O)NC(C)(C)C)c2)cc1. The van der Waals surface area contributed by atoms with E-state index in [1.54, 1.807) is 76.5 Å². The highest BCUT2D eigenvalue weighted by Crippen LogP contribution is 2.31. The van der Waals surface area contributed by atoms with Crippen LogP contribution in [-0.4, -0.2) is 32.0 Å². The monoisotopic (exact) mass is 453 g/mol. The topological polar surface area (TPSA) is 97.4 Å². The van der Waals surface area contributed by atoms with E-state index in [4.69, 9.17) is 4.74 Å². The number of carbonyl (C=O) groups excluding carboxylic acids is 1. The molecule has 0 spiro atoms. The number of sulfonamides is 1. The van der Waals surface area contributed by atoms with Gasteiger partial charge in [0.15, 0.2) is 0 Å². The average Bonchev–Trinajstić information content (AvgIpc) is 2.72. The van der Waals surface area contributed by atoms with Crippen molar-refractivity contribution in [3.8, 4) is 16.9 Å². The van der Waals surface area contributed by atoms with E-state index >= 15 is 0 Å². The van der Waals surface area contributed by atoms with Crippen LogP contribution in [0.15, 0.2) is 65.8 Å². The first-order chi connectivity index (χ1) is 15.0. The van der Waals surface area contributed by atoms with Crippen molar-refractivity contribution < 1.29 is 17.9 Å². The highest BCUT2D eigenvalue weighted by molar-refractivity contribution is 7.89. The minimum Gasteiger partial charge on any atom is -0.497 e. The Kier molecular flexibility index (Phi) is 6.66. The third-order valence-corrected chi connectivity index (χ3v) is 6.40. The lowest BCUT2D eigenvalue weighted by molar-refractivity contribution is 0.102. The number of anilines is 1. The summed E-state index contributed by atoms with van der Waals surface area (Å²) in [6, 6.07) is 13.7. The van der Waals surface area contributed by atoms with Gasteiger partial charge < -0.3 is 10.1 Å². The van der Waals surface area contributed by atoms with E-state index in [1.165, 1.54) is 6.20 Å². The molecule has 2 aromatic carbocycles. The number of ether oxygens (including phenoxy) is 1. The number of aryl methyl sites for hydroxylation is 1. The lowest BCUT2D eigenvalue weighted by Gasteiger charge is -2.22. The third kappa shape index (κ3) is 5.52. The predicted octanol–water partition coefficient (Wildman–Crippen LogP) is 4.39. The summed E-state index contributed by atoms with van der Waals surface area (Å²) in [7, 11) is -2.23. The number of methoxy groups -OCH3 is 1. The van der Waals surface area contributed by atoms with Crippen LogP contribution in [0.1, 0.15) is 36.7 Å². The van der Waals surface area contributed by atoms with Gasteiger partial charge in [0.05, 0.1) is 17.6 Å². The van der Waals surface area contributed by atoms with Crippen molar-refractivity contribution in [3.05, 3.63) is 72.1 Å². The molecule has 168 valence electrons. The van der Waals surface area contributed by atoms with Crippen molar-refractivity contribution in [1.29, 1.82) is 0 Å². The normalized spacial score (nSPS) is 11.8. The van der Waals surface area contributed by atoms with Crippen molar-refractivity contribution >= 4 is 21.6 Å². The number of hydrogen-bond acceptors (Lipinski definition) is 5. The molecule has 3 aromatic rings. The van der Waals surface area contributed by atoms with E-state index in [0.717, 1.165) is 5.56 Å². The van der Waals surface area contributed by atoms with Gasteiger partial charge in [-0.2, -0.15) is 0 Å². The lowest BCUT2D eigenvalue weighted by atomic mass is 10.0. The van der Waals surface area contributed by atoms with Crippen LogP contribution < -0.4 is 14.8 Å². The molecule has 0 aliphatic heterocycles. The van der Waals surface area contributed by atoms with Crippen molar-refractivity contribution in [2.45, 2.75) is 38.1 Å². The van der Waals surface area contributed by atoms with Crippen molar-refractivity contribution in [1.82, 2.24) is 9.71 Å². The number of aromatic nitrogens is 1. The van der Waals surface area contributed by atoms with Gasteiger partial charge in [-0.1, -0.05) is 12.1 Å². The summed E-state index contributed by atoms with van der Waals surface area (Å²) in [5.74, 6) is 0.333. The van der Waals surface area contributed by atoms with E-state index in [-0.39, 0.29) is 10.8 Å². The maximum absolute atomic E-state index is 13.1. The molecule has 1 aromatic heterocycles. The second-order valence-electron chi connectivity index (χ2n) is 8.45. The number of nitrogens with one attached hydrogen (secondary N) is 2. The number of hydrogen-bond donors (Lipinski definition) is 2. The molecule has 7 nitrogen and oxygen atoms in total. The summed E-state index contributed by atoms with van der Waals surface area (Å²) < 4.78 is 34.0. The van der Waals surface area contributed by atoms with Gasteiger partial charge in [-0.05, 0) is 69.7 Å². The van der Waals surface area contributed by atoms with Crippen LogP contribution in [0.3, 0.4) is 0 Å². The van der Waals surface area contributed by atoms with Crippen LogP contribution in [-0.2, 0) is 10.0 Å². The molecule has 8 heteroatoms. The van der Waals surface area contributed by atoms with Gasteiger partial charge >= 0.3 is 0 Å². The van der Waals surface area contributed by atoms with E-state index in [1.807, 2.05) is 13.0 Å². The fraction of sp³-hybridized carbons (Fsp3) is 0.250. The van der Waals surface area contributed by atoms with Crippen LogP contribution in [0, 0.1) is 6.92 Å². The number of amides is 1. The second kappa shape index (κ2) is 9.10. The average molecular weight is 454 g/mol. The first kappa shape index (κ1) is 23.4. The summed E-state index contributed by atoms with van der Waals surface area (Å²) in [5, 5.41) is 2.81. The molecule has 32 heavy (non-hydrogen) atoms. The van der Waals surface area contributed by atoms with Gasteiger partial charge in [0, 0.05) is 34.7 Å². The molecule has 0 atom stereocenters. The highest BCUT2D eigenvalue weighted by atomic mass is 32.2. The van der Waals surface area contributed by atoms with E-state index in [2.05, 4.69) is 15.0 Å². The number of carbonyl (C=O) groups is 1. The fourth-order valence-corrected chi connectivity index (χ4v) is 4.99. The third-order valence-electron chi connectivity index (χ3n) is 4.60. The zero-order chi connectivity index (χ0) is 23.5. The highest BCUT2D eigenvalue weighted by Gasteiger charge is 2.26. The molecule has 3 rings (SSSR count). The summed E-state index contributed by atoms with van der Waals surface area (Å²) >= 11 is 0. The molecule has 2 N–H and O–H groups in total. The quantitative estimate of drug-likeness (QED) is 0.577. The van der Waals surface area contributed by atoms with Crippen molar-refractivity contribution in [3.63, 3.8) is 0 Å². The molecular weight excluding hydrogens is 426 g/mol. The number of pyridine rings is 1. The van der Waals surface area contributed by atoms with Gasteiger partial charge in [0.1, 0.15) is 5.75 Å². The Bertz CT molecular complexity index is 1230. The largest absolute Gasteiger partial charge is 0.497 e. The summed E-state index contributed by atoms with van der Waals surface area (Å²) in [6.07, 6.45) is 3.00. The number of nitrogens with zero attached hydrogens (tertiary/aromatic N) is 1. The first-order valence-corrected chi connectivity index (χ1v) is 11.5. The summed E-state index contributed by atoms with van der Waals surface area (Å²) in [6.45, 7) is 7.18. The molecular formula is C24H27N3O4S. The Morgan fingerprint density at radius 1 is 1.03 bits per heavy atom. The Labute approximate surface area is 188 Å². The van der Waals surface area contributed by atoms with Crippen LogP contribution in [0.25, 0.3) is 11.1 Å². The Hall–Kier alpha value is -3.23. The van der Waals surface area contributed by atoms with Gasteiger partial charge in [-0.3, -0.25) is 9.78 Å². The molecule has 0 radical (unpaired) electrons. The maximum atomic E-state index is 13.1. The molecule has 0 aliphatic rings. The van der Waals surface area contributed by atoms with Crippen LogP contribution in [0.4, 0.5) is 5.69 Å². The molecule has 0 saturated heterocycles. The minimum absolute atomic E-state index is 0.141. The Balaban J connectivity index is 1.98. The van der Waals surface area contributed by atoms with Crippen molar-refractivity contribution in [2.24, 2.45) is 0 Å². The molecule has 1 amide bonds. The molecule has 1 heterocycles. The van der Waals surface area contributed by atoms with Gasteiger partial charge in [0.2, 0.25) is 10.0 Å². The first-order valence-electron chi connectivity index (χ1n) is 10.0. The van der Waals surface area contributed by atoms with Gasteiger partial charge in [-0.15, -0.1) is 0 Å². The molecule has 0 aliphatic carbocycles. The number of benzene rings is 2. The number of rotatable bonds is 6. The van der Waals surface area contributed by atoms with Crippen LogP contribution in [0.2, 0.25) is 0 Å². The molecule has 0 unspecified atom stereocenters. The summed E-state index contributed by atoms with van der Waals surface area (Å²) in [4.78, 5) is 17.1. The Morgan fingerprint density at radius 3 is 2.34 bits per heavy atom. The van der Waals surface area contributed by atoms with Gasteiger partial charge in [0.25, 0.3) is 5.91 Å². The zero-order valence-electron chi connectivity index (χ0n) is 18.8. The van der Waals surface area contributed by atoms with E-state index in [9.17, 15) is 13.2 Å². The minimum atomic E-state index is -3.80. The second-order valence-corrected chi connectivity index (χ2v) is 10.1. The van der Waals surface area contributed by atoms with Crippen molar-refractivity contribution in [2.75, 3.05) is 12.4 Å². The maximum Gasteiger partial charge on any atom is 0.257 e. The smallest absolute Gasteiger partial charge is 0.257 e. The van der Waals surface area contributed by atoms with E-state index < -0.39 is 15.6 Å². The predicted molar refractivity (Wildman–Crippen MR) is 125 cm³/mol. The van der Waals surface area contributed by atoms with Crippen LogP contribution in [0.5, 0.6) is 5.75 Å². The molecule has 0 saturated carbocycles. The standard InChI is InChI=1S/C24H27N3O4S/c1-16-7-6-8-21(32(29,30)27-24(2,3)4)22(16)17-13-18(15-25-14-17)23(28)26-19-9-11-20(31-5)12-10-19/h6-15,27H,1-5H3,(H,26,28). The molecule has 0 bridgehead atoms. The van der Waals surface area contributed by atoms with Crippen LogP contribution >= 0.6 is 0 Å². The zero-order valence-corrected chi connectivity index (χ0v) is 19.6.